The van der Waals surface area contributed by atoms with Gasteiger partial charge in [0.2, 0.25) is 5.91 Å². The lowest BCUT2D eigenvalue weighted by atomic mass is 9.83. The molecule has 32 heavy (non-hydrogen) atoms. The average Bonchev–Trinajstić information content (AvgIpc) is 2.82. The number of nitrogens with one attached hydrogen (secondary N) is 1. The molecular formula is C26H25F2N3O. The monoisotopic (exact) mass is 433 g/mol. The molecule has 3 aromatic rings. The van der Waals surface area contributed by atoms with Crippen molar-refractivity contribution in [2.75, 3.05) is 29.4 Å². The van der Waals surface area contributed by atoms with Crippen molar-refractivity contribution in [3.63, 3.8) is 0 Å². The van der Waals surface area contributed by atoms with Gasteiger partial charge in [-0.1, -0.05) is 42.5 Å². The smallest absolute Gasteiger partial charge is 0.225 e. The number of hydrogen-bond donors (Lipinski definition) is 1. The van der Waals surface area contributed by atoms with Crippen LogP contribution >= 0.6 is 0 Å². The van der Waals surface area contributed by atoms with Gasteiger partial charge in [-0.05, 0) is 47.9 Å². The van der Waals surface area contributed by atoms with E-state index >= 15 is 0 Å². The fraction of sp³-hybridized carbons (Fsp3) is 0.269. The minimum Gasteiger partial charge on any atom is -0.365 e. The van der Waals surface area contributed by atoms with Crippen LogP contribution in [0.3, 0.4) is 0 Å². The highest BCUT2D eigenvalue weighted by atomic mass is 19.1. The first-order valence-corrected chi connectivity index (χ1v) is 11.0. The van der Waals surface area contributed by atoms with Gasteiger partial charge >= 0.3 is 0 Å². The average molecular weight is 434 g/mol. The number of carbonyl (C=O) groups excluding carboxylic acids is 1. The van der Waals surface area contributed by atoms with Crippen LogP contribution < -0.4 is 15.1 Å². The maximum atomic E-state index is 14.5. The van der Waals surface area contributed by atoms with Crippen molar-refractivity contribution in [3.05, 3.63) is 95.6 Å². The highest BCUT2D eigenvalue weighted by Crippen LogP contribution is 2.37. The van der Waals surface area contributed by atoms with Crippen LogP contribution in [0.25, 0.3) is 0 Å². The van der Waals surface area contributed by atoms with Crippen molar-refractivity contribution in [1.82, 2.24) is 5.32 Å². The summed E-state index contributed by atoms with van der Waals surface area (Å²) in [7, 11) is 0. The summed E-state index contributed by atoms with van der Waals surface area (Å²) in [6.45, 7) is 2.24. The van der Waals surface area contributed by atoms with E-state index in [0.29, 0.717) is 31.7 Å². The Bertz CT molecular complexity index is 1140. The molecule has 5 rings (SSSR count). The van der Waals surface area contributed by atoms with Crippen molar-refractivity contribution in [2.45, 2.75) is 19.0 Å². The van der Waals surface area contributed by atoms with E-state index in [0.717, 1.165) is 16.8 Å². The Morgan fingerprint density at radius 1 is 0.938 bits per heavy atom. The molecule has 2 aliphatic heterocycles. The molecular weight excluding hydrogens is 408 g/mol. The van der Waals surface area contributed by atoms with Crippen LogP contribution in [0.4, 0.5) is 20.2 Å². The molecule has 1 amide bonds. The Kier molecular flexibility index (Phi) is 5.52. The molecule has 164 valence electrons. The molecule has 4 nitrogen and oxygen atoms in total. The van der Waals surface area contributed by atoms with Crippen LogP contribution in [0.5, 0.6) is 0 Å². The first kappa shape index (κ1) is 20.5. The summed E-state index contributed by atoms with van der Waals surface area (Å²) >= 11 is 0. The van der Waals surface area contributed by atoms with Gasteiger partial charge in [-0.3, -0.25) is 4.79 Å². The Morgan fingerprint density at radius 2 is 1.72 bits per heavy atom. The van der Waals surface area contributed by atoms with Crippen molar-refractivity contribution >= 4 is 17.3 Å². The molecule has 0 saturated carbocycles. The van der Waals surface area contributed by atoms with Crippen molar-refractivity contribution in [1.29, 1.82) is 0 Å². The summed E-state index contributed by atoms with van der Waals surface area (Å²) in [5.41, 5.74) is 3.60. The summed E-state index contributed by atoms with van der Waals surface area (Å²) in [6.07, 6.45) is 0.622. The first-order valence-electron chi connectivity index (χ1n) is 11.0. The van der Waals surface area contributed by atoms with Crippen molar-refractivity contribution in [3.8, 4) is 0 Å². The van der Waals surface area contributed by atoms with Crippen LogP contribution in [-0.2, 0) is 17.8 Å². The van der Waals surface area contributed by atoms with Gasteiger partial charge < -0.3 is 15.1 Å². The number of fused-ring (bicyclic) bond motifs is 3. The SMILES string of the molecule is O=C(NCc1cccc(F)c1)C1Cc2ccccc2N2CCN(c3ccccc3F)CC12. The maximum Gasteiger partial charge on any atom is 0.225 e. The minimum absolute atomic E-state index is 0.0610. The molecule has 0 bridgehead atoms. The Labute approximate surface area is 186 Å². The van der Waals surface area contributed by atoms with Crippen LogP contribution in [0.15, 0.2) is 72.8 Å². The summed E-state index contributed by atoms with van der Waals surface area (Å²) < 4.78 is 28.0. The number of halogens is 2. The summed E-state index contributed by atoms with van der Waals surface area (Å²) in [6, 6.07) is 21.2. The second-order valence-corrected chi connectivity index (χ2v) is 8.45. The van der Waals surface area contributed by atoms with Crippen LogP contribution in [0.1, 0.15) is 11.1 Å². The number of hydrogen-bond acceptors (Lipinski definition) is 3. The molecule has 2 heterocycles. The molecule has 1 fully saturated rings. The summed E-state index contributed by atoms with van der Waals surface area (Å²) in [5, 5.41) is 3.00. The highest BCUT2D eigenvalue weighted by molar-refractivity contribution is 5.82. The molecule has 1 saturated heterocycles. The quantitative estimate of drug-likeness (QED) is 0.672. The van der Waals surface area contributed by atoms with Crippen LogP contribution in [0, 0.1) is 17.6 Å². The summed E-state index contributed by atoms with van der Waals surface area (Å²) in [5.74, 6) is -0.909. The molecule has 1 N–H and O–H groups in total. The zero-order chi connectivity index (χ0) is 22.1. The lowest BCUT2D eigenvalue weighted by molar-refractivity contribution is -0.126. The number of anilines is 2. The van der Waals surface area contributed by atoms with E-state index in [1.54, 1.807) is 24.3 Å². The number of rotatable bonds is 4. The second-order valence-electron chi connectivity index (χ2n) is 8.45. The lowest BCUT2D eigenvalue weighted by Gasteiger charge is -2.49. The van der Waals surface area contributed by atoms with E-state index in [1.165, 1.54) is 18.2 Å². The topological polar surface area (TPSA) is 35.6 Å². The lowest BCUT2D eigenvalue weighted by Crippen LogP contribution is -2.61. The summed E-state index contributed by atoms with van der Waals surface area (Å²) in [4.78, 5) is 17.6. The van der Waals surface area contributed by atoms with Gasteiger partial charge in [0.25, 0.3) is 0 Å². The number of amides is 1. The van der Waals surface area contributed by atoms with Gasteiger partial charge in [0.05, 0.1) is 17.6 Å². The number of nitrogens with zero attached hydrogens (tertiary/aromatic N) is 2. The number of piperazine rings is 1. The third-order valence-electron chi connectivity index (χ3n) is 6.51. The highest BCUT2D eigenvalue weighted by Gasteiger charge is 2.41. The molecule has 0 aromatic heterocycles. The number of carbonyl (C=O) groups is 1. The fourth-order valence-electron chi connectivity index (χ4n) is 4.95. The molecule has 0 radical (unpaired) electrons. The standard InChI is InChI=1S/C26H25F2N3O/c27-20-8-5-6-18(14-20)16-29-26(32)21-15-19-7-1-3-10-23(19)31-13-12-30(17-25(21)31)24-11-4-2-9-22(24)28/h1-11,14,21,25H,12-13,15-17H2,(H,29,32). The predicted octanol–water partition coefficient (Wildman–Crippen LogP) is 4.15. The zero-order valence-corrected chi connectivity index (χ0v) is 17.7. The van der Waals surface area contributed by atoms with E-state index in [-0.39, 0.29) is 36.0 Å². The van der Waals surface area contributed by atoms with Gasteiger partial charge in [-0.25, -0.2) is 8.78 Å². The van der Waals surface area contributed by atoms with Gasteiger partial charge in [0, 0.05) is 31.9 Å². The first-order chi connectivity index (χ1) is 15.6. The van der Waals surface area contributed by atoms with E-state index in [1.807, 2.05) is 23.1 Å². The molecule has 0 spiro atoms. The second kappa shape index (κ2) is 8.61. The molecule has 6 heteroatoms. The van der Waals surface area contributed by atoms with Crippen molar-refractivity contribution in [2.24, 2.45) is 5.92 Å². The molecule has 2 atom stereocenters. The largest absolute Gasteiger partial charge is 0.365 e. The predicted molar refractivity (Wildman–Crippen MR) is 122 cm³/mol. The zero-order valence-electron chi connectivity index (χ0n) is 17.7. The fourth-order valence-corrected chi connectivity index (χ4v) is 4.95. The number of benzene rings is 3. The van der Waals surface area contributed by atoms with Gasteiger partial charge in [0.15, 0.2) is 0 Å². The molecule has 0 aliphatic carbocycles. The molecule has 2 aliphatic rings. The van der Waals surface area contributed by atoms with Crippen molar-refractivity contribution < 1.29 is 13.6 Å². The van der Waals surface area contributed by atoms with E-state index in [4.69, 9.17) is 0 Å². The maximum absolute atomic E-state index is 14.5. The molecule has 3 aromatic carbocycles. The van der Waals surface area contributed by atoms with Gasteiger partial charge in [0.1, 0.15) is 11.6 Å². The van der Waals surface area contributed by atoms with E-state index in [9.17, 15) is 13.6 Å². The Balaban J connectivity index is 1.40. The van der Waals surface area contributed by atoms with Crippen LogP contribution in [-0.4, -0.2) is 31.6 Å². The van der Waals surface area contributed by atoms with Gasteiger partial charge in [-0.15, -0.1) is 0 Å². The van der Waals surface area contributed by atoms with Crippen LogP contribution in [0.2, 0.25) is 0 Å². The third kappa shape index (κ3) is 3.93. The minimum atomic E-state index is -0.317. The third-order valence-corrected chi connectivity index (χ3v) is 6.51. The Morgan fingerprint density at radius 3 is 2.53 bits per heavy atom. The van der Waals surface area contributed by atoms with E-state index in [2.05, 4.69) is 22.3 Å². The van der Waals surface area contributed by atoms with Gasteiger partial charge in [-0.2, -0.15) is 0 Å². The Hall–Kier alpha value is -3.41. The van der Waals surface area contributed by atoms with E-state index < -0.39 is 0 Å². The number of para-hydroxylation sites is 2. The molecule has 2 unspecified atom stereocenters. The normalized spacial score (nSPS) is 19.8.